The molecule has 3 rings (SSSR count). The second-order valence-electron chi connectivity index (χ2n) is 6.02. The van der Waals surface area contributed by atoms with Crippen LogP contribution in [0, 0.1) is 0 Å². The van der Waals surface area contributed by atoms with Gasteiger partial charge in [-0.1, -0.05) is 36.9 Å². The fourth-order valence-corrected chi connectivity index (χ4v) is 4.79. The highest BCUT2D eigenvalue weighted by Crippen LogP contribution is 2.30. The summed E-state index contributed by atoms with van der Waals surface area (Å²) in [5.74, 6) is -0.00264. The van der Waals surface area contributed by atoms with Crippen molar-refractivity contribution in [3.05, 3.63) is 71.1 Å². The van der Waals surface area contributed by atoms with Gasteiger partial charge in [0.25, 0.3) is 10.0 Å². The van der Waals surface area contributed by atoms with Gasteiger partial charge in [0.1, 0.15) is 0 Å². The minimum Gasteiger partial charge on any atom is -0.294 e. The van der Waals surface area contributed by atoms with Crippen molar-refractivity contribution >= 4 is 55.1 Å². The van der Waals surface area contributed by atoms with Crippen molar-refractivity contribution in [1.29, 1.82) is 0 Å². The Balaban J connectivity index is 1.96. The number of thiophene rings is 1. The van der Waals surface area contributed by atoms with Crippen LogP contribution < -0.4 is 4.72 Å². The van der Waals surface area contributed by atoms with Gasteiger partial charge in [-0.2, -0.15) is 0 Å². The maximum absolute atomic E-state index is 12.8. The molecule has 0 radical (unpaired) electrons. The molecule has 4 nitrogen and oxygen atoms in total. The maximum atomic E-state index is 12.8. The Hall–Kier alpha value is -2.70. The molecule has 1 heterocycles. The third-order valence-electron chi connectivity index (χ3n) is 4.05. The molecule has 2 aromatic carbocycles. The zero-order chi connectivity index (χ0) is 19.6. The molecule has 6 heteroatoms. The molecule has 3 aromatic rings. The second kappa shape index (κ2) is 7.50. The highest BCUT2D eigenvalue weighted by atomic mass is 32.2. The number of carbonyl (C=O) groups is 1. The first-order chi connectivity index (χ1) is 12.8. The fourth-order valence-electron chi connectivity index (χ4n) is 2.71. The molecule has 0 aliphatic heterocycles. The van der Waals surface area contributed by atoms with Crippen LogP contribution in [0.2, 0.25) is 0 Å². The van der Waals surface area contributed by atoms with Gasteiger partial charge in [-0.15, -0.1) is 11.3 Å². The van der Waals surface area contributed by atoms with Crippen LogP contribution in [0.4, 0.5) is 5.69 Å². The van der Waals surface area contributed by atoms with Crippen LogP contribution in [-0.2, 0) is 10.0 Å². The molecule has 27 heavy (non-hydrogen) atoms. The van der Waals surface area contributed by atoms with Crippen LogP contribution >= 0.6 is 11.3 Å². The van der Waals surface area contributed by atoms with E-state index in [1.807, 2.05) is 31.2 Å². The van der Waals surface area contributed by atoms with Crippen molar-refractivity contribution < 1.29 is 13.2 Å². The van der Waals surface area contributed by atoms with E-state index in [0.29, 0.717) is 10.6 Å². The Kier molecular flexibility index (Phi) is 5.30. The molecule has 0 atom stereocenters. The van der Waals surface area contributed by atoms with Crippen molar-refractivity contribution in [3.8, 4) is 0 Å². The van der Waals surface area contributed by atoms with E-state index in [4.69, 9.17) is 0 Å². The Bertz CT molecular complexity index is 1170. The van der Waals surface area contributed by atoms with Crippen LogP contribution in [0.3, 0.4) is 0 Å². The lowest BCUT2D eigenvalue weighted by Crippen LogP contribution is -2.13. The molecule has 0 bridgehead atoms. The lowest BCUT2D eigenvalue weighted by atomic mass is 10.1. The summed E-state index contributed by atoms with van der Waals surface area (Å²) >= 11 is 1.35. The number of anilines is 1. The smallest absolute Gasteiger partial charge is 0.261 e. The zero-order valence-electron chi connectivity index (χ0n) is 15.0. The molecule has 0 amide bonds. The number of rotatable bonds is 6. The molecule has 0 fully saturated rings. The zero-order valence-corrected chi connectivity index (χ0v) is 16.7. The lowest BCUT2D eigenvalue weighted by molar-refractivity contribution is 0.102. The summed E-state index contributed by atoms with van der Waals surface area (Å²) in [7, 11) is -3.74. The topological polar surface area (TPSA) is 63.2 Å². The largest absolute Gasteiger partial charge is 0.294 e. The van der Waals surface area contributed by atoms with Crippen molar-refractivity contribution in [2.75, 3.05) is 4.72 Å². The maximum Gasteiger partial charge on any atom is 0.261 e. The SMILES string of the molecule is C=Cc1ccc(S(=O)(=O)Nc2ccc3cc(C(C)=O)sc3c2)cc1/C=C\C. The highest BCUT2D eigenvalue weighted by molar-refractivity contribution is 7.92. The van der Waals surface area contributed by atoms with Gasteiger partial charge in [0.05, 0.1) is 15.5 Å². The van der Waals surface area contributed by atoms with E-state index in [9.17, 15) is 13.2 Å². The number of fused-ring (bicyclic) bond motifs is 1. The Morgan fingerprint density at radius 2 is 1.89 bits per heavy atom. The van der Waals surface area contributed by atoms with Crippen LogP contribution in [0.5, 0.6) is 0 Å². The van der Waals surface area contributed by atoms with Crippen LogP contribution in [0.15, 0.2) is 60.0 Å². The average molecular weight is 398 g/mol. The van der Waals surface area contributed by atoms with Crippen molar-refractivity contribution in [3.63, 3.8) is 0 Å². The number of hydrogen-bond donors (Lipinski definition) is 1. The predicted molar refractivity (Wildman–Crippen MR) is 114 cm³/mol. The molecule has 0 aliphatic rings. The molecular weight excluding hydrogens is 378 g/mol. The molecule has 0 saturated heterocycles. The number of sulfonamides is 1. The van der Waals surface area contributed by atoms with E-state index in [0.717, 1.165) is 21.2 Å². The molecular formula is C21H19NO3S2. The number of benzene rings is 2. The number of hydrogen-bond acceptors (Lipinski definition) is 4. The van der Waals surface area contributed by atoms with Gasteiger partial charge in [-0.05, 0) is 60.7 Å². The van der Waals surface area contributed by atoms with Gasteiger partial charge in [0.2, 0.25) is 0 Å². The van der Waals surface area contributed by atoms with Crippen LogP contribution in [0.25, 0.3) is 22.2 Å². The summed E-state index contributed by atoms with van der Waals surface area (Å²) < 4.78 is 29.1. The number of Topliss-reactive ketones (excluding diaryl/α,β-unsaturated/α-hetero) is 1. The normalized spacial score (nSPS) is 11.8. The van der Waals surface area contributed by atoms with Crippen molar-refractivity contribution in [2.24, 2.45) is 0 Å². The monoisotopic (exact) mass is 397 g/mol. The molecule has 0 unspecified atom stereocenters. The van der Waals surface area contributed by atoms with E-state index in [1.165, 1.54) is 18.3 Å². The van der Waals surface area contributed by atoms with Gasteiger partial charge in [-0.25, -0.2) is 8.42 Å². The second-order valence-corrected chi connectivity index (χ2v) is 8.79. The summed E-state index contributed by atoms with van der Waals surface area (Å²) in [6.45, 7) is 7.15. The summed E-state index contributed by atoms with van der Waals surface area (Å²) in [4.78, 5) is 12.4. The van der Waals surface area contributed by atoms with E-state index in [2.05, 4.69) is 11.3 Å². The highest BCUT2D eigenvalue weighted by Gasteiger charge is 2.16. The summed E-state index contributed by atoms with van der Waals surface area (Å²) in [5, 5.41) is 0.916. The third kappa shape index (κ3) is 4.02. The van der Waals surface area contributed by atoms with Crippen LogP contribution in [0.1, 0.15) is 34.6 Å². The van der Waals surface area contributed by atoms with Crippen molar-refractivity contribution in [1.82, 2.24) is 0 Å². The summed E-state index contributed by atoms with van der Waals surface area (Å²) in [5.41, 5.74) is 2.11. The minimum atomic E-state index is -3.74. The number of carbonyl (C=O) groups excluding carboxylic acids is 1. The van der Waals surface area contributed by atoms with Gasteiger partial charge in [-0.3, -0.25) is 9.52 Å². The Morgan fingerprint density at radius 1 is 1.11 bits per heavy atom. The lowest BCUT2D eigenvalue weighted by Gasteiger charge is -2.10. The van der Waals surface area contributed by atoms with E-state index in [1.54, 1.807) is 36.4 Å². The molecule has 0 aliphatic carbocycles. The summed E-state index contributed by atoms with van der Waals surface area (Å²) in [6.07, 6.45) is 5.39. The predicted octanol–water partition coefficient (Wildman–Crippen LogP) is 5.58. The molecule has 1 N–H and O–H groups in total. The average Bonchev–Trinajstić information content (AvgIpc) is 3.05. The number of allylic oxidation sites excluding steroid dienone is 1. The van der Waals surface area contributed by atoms with Gasteiger partial charge >= 0.3 is 0 Å². The van der Waals surface area contributed by atoms with Gasteiger partial charge < -0.3 is 0 Å². The molecule has 1 aromatic heterocycles. The van der Waals surface area contributed by atoms with Crippen LogP contribution in [-0.4, -0.2) is 14.2 Å². The standard InChI is InChI=1S/C21H19NO3S2/c1-4-6-16-11-19(10-8-15(16)5-2)27(24,25)22-18-9-7-17-12-20(14(3)23)26-21(17)13-18/h4-13,22H,2H2,1,3H3/b6-4-. The fraction of sp³-hybridized carbons (Fsp3) is 0.0952. The minimum absolute atomic E-state index is 0.00264. The first-order valence-electron chi connectivity index (χ1n) is 8.30. The molecule has 0 saturated carbocycles. The van der Waals surface area contributed by atoms with E-state index in [-0.39, 0.29) is 10.7 Å². The number of ketones is 1. The first kappa shape index (κ1) is 19.1. The quantitative estimate of drug-likeness (QED) is 0.552. The Labute approximate surface area is 162 Å². The first-order valence-corrected chi connectivity index (χ1v) is 10.6. The van der Waals surface area contributed by atoms with Gasteiger partial charge in [0, 0.05) is 4.70 Å². The van der Waals surface area contributed by atoms with E-state index < -0.39 is 10.0 Å². The molecule has 0 spiro atoms. The Morgan fingerprint density at radius 3 is 2.56 bits per heavy atom. The van der Waals surface area contributed by atoms with E-state index >= 15 is 0 Å². The third-order valence-corrected chi connectivity index (χ3v) is 6.63. The van der Waals surface area contributed by atoms with Crippen molar-refractivity contribution in [2.45, 2.75) is 18.7 Å². The summed E-state index contributed by atoms with van der Waals surface area (Å²) in [6, 6.07) is 12.0. The number of nitrogens with one attached hydrogen (secondary N) is 1. The van der Waals surface area contributed by atoms with Gasteiger partial charge in [0.15, 0.2) is 5.78 Å². The molecule has 138 valence electrons.